The van der Waals surface area contributed by atoms with Gasteiger partial charge in [-0.2, -0.15) is 0 Å². The number of nitrogens with zero attached hydrogens (tertiary/aromatic N) is 2. The summed E-state index contributed by atoms with van der Waals surface area (Å²) in [4.78, 5) is 6.95. The number of rotatable bonds is 2. The summed E-state index contributed by atoms with van der Waals surface area (Å²) >= 11 is 0. The summed E-state index contributed by atoms with van der Waals surface area (Å²) in [5.74, 6) is 0. The van der Waals surface area contributed by atoms with E-state index in [9.17, 15) is 0 Å². The Labute approximate surface area is 79.6 Å². The Morgan fingerprint density at radius 3 is 3.08 bits per heavy atom. The molecule has 0 amide bonds. The number of fused-ring (bicyclic) bond motifs is 1. The highest BCUT2D eigenvalue weighted by atomic mass is 15.2. The van der Waals surface area contributed by atoms with E-state index in [0.29, 0.717) is 6.04 Å². The van der Waals surface area contributed by atoms with Crippen molar-refractivity contribution in [3.63, 3.8) is 0 Å². The molecule has 1 aromatic rings. The molecule has 0 aromatic carbocycles. The van der Waals surface area contributed by atoms with Crippen LogP contribution in [-0.2, 0) is 6.54 Å². The van der Waals surface area contributed by atoms with Gasteiger partial charge in [0.05, 0.1) is 11.7 Å². The van der Waals surface area contributed by atoms with Gasteiger partial charge in [-0.3, -0.25) is 9.88 Å². The highest BCUT2D eigenvalue weighted by molar-refractivity contribution is 5.27. The molecule has 13 heavy (non-hydrogen) atoms. The Morgan fingerprint density at radius 1 is 1.54 bits per heavy atom. The van der Waals surface area contributed by atoms with Crippen LogP contribution in [0.25, 0.3) is 0 Å². The van der Waals surface area contributed by atoms with Crippen molar-refractivity contribution in [1.82, 2.24) is 9.88 Å². The lowest BCUT2D eigenvalue weighted by Crippen LogP contribution is -2.21. The van der Waals surface area contributed by atoms with Gasteiger partial charge in [-0.1, -0.05) is 19.9 Å². The van der Waals surface area contributed by atoms with Gasteiger partial charge in [0.2, 0.25) is 0 Å². The van der Waals surface area contributed by atoms with E-state index in [-0.39, 0.29) is 0 Å². The lowest BCUT2D eigenvalue weighted by atomic mass is 10.1. The standard InChI is InChI=1S/C11H16N2/c1-3-10-11-9(6-5-7-12-11)8-13(10)4-2/h5-7,10H,3-4,8H2,1-2H3. The van der Waals surface area contributed by atoms with Gasteiger partial charge in [-0.25, -0.2) is 0 Å². The predicted octanol–water partition coefficient (Wildman–Crippen LogP) is 2.37. The maximum atomic E-state index is 4.47. The molecule has 2 heterocycles. The molecule has 2 rings (SSSR count). The molecule has 0 bridgehead atoms. The molecule has 2 nitrogen and oxygen atoms in total. The lowest BCUT2D eigenvalue weighted by molar-refractivity contribution is 0.220. The minimum Gasteiger partial charge on any atom is -0.291 e. The molecule has 0 saturated heterocycles. The van der Waals surface area contributed by atoms with Crippen molar-refractivity contribution in [2.75, 3.05) is 6.54 Å². The molecule has 0 N–H and O–H groups in total. The number of hydrogen-bond acceptors (Lipinski definition) is 2. The molecule has 1 unspecified atom stereocenters. The molecule has 0 fully saturated rings. The Balaban J connectivity index is 2.34. The van der Waals surface area contributed by atoms with Gasteiger partial charge >= 0.3 is 0 Å². The largest absolute Gasteiger partial charge is 0.291 e. The van der Waals surface area contributed by atoms with Crippen molar-refractivity contribution < 1.29 is 0 Å². The molecule has 1 aromatic heterocycles. The van der Waals surface area contributed by atoms with E-state index in [4.69, 9.17) is 0 Å². The van der Waals surface area contributed by atoms with E-state index >= 15 is 0 Å². The molecule has 0 saturated carbocycles. The summed E-state index contributed by atoms with van der Waals surface area (Å²) in [5.41, 5.74) is 2.71. The van der Waals surface area contributed by atoms with Crippen LogP contribution in [-0.4, -0.2) is 16.4 Å². The Hall–Kier alpha value is -0.890. The average Bonchev–Trinajstić information content (AvgIpc) is 2.55. The monoisotopic (exact) mass is 176 g/mol. The van der Waals surface area contributed by atoms with Crippen molar-refractivity contribution in [1.29, 1.82) is 0 Å². The quantitative estimate of drug-likeness (QED) is 0.687. The van der Waals surface area contributed by atoms with Gasteiger partial charge in [0.15, 0.2) is 0 Å². The van der Waals surface area contributed by atoms with Gasteiger partial charge in [0, 0.05) is 12.7 Å². The maximum absolute atomic E-state index is 4.47. The van der Waals surface area contributed by atoms with Crippen LogP contribution in [0.3, 0.4) is 0 Å². The Morgan fingerprint density at radius 2 is 2.38 bits per heavy atom. The summed E-state index contributed by atoms with van der Waals surface area (Å²) in [6, 6.07) is 4.78. The lowest BCUT2D eigenvalue weighted by Gasteiger charge is -2.20. The Kier molecular flexibility index (Phi) is 2.32. The van der Waals surface area contributed by atoms with E-state index in [1.54, 1.807) is 0 Å². The first-order valence-corrected chi connectivity index (χ1v) is 5.04. The second kappa shape index (κ2) is 3.46. The average molecular weight is 176 g/mol. The second-order valence-electron chi connectivity index (χ2n) is 3.53. The minimum atomic E-state index is 0.557. The zero-order chi connectivity index (χ0) is 9.26. The maximum Gasteiger partial charge on any atom is 0.0620 e. The van der Waals surface area contributed by atoms with Gasteiger partial charge in [0.1, 0.15) is 0 Å². The van der Waals surface area contributed by atoms with Crippen LogP contribution in [0.5, 0.6) is 0 Å². The van der Waals surface area contributed by atoms with E-state index in [1.165, 1.54) is 11.3 Å². The fourth-order valence-corrected chi connectivity index (χ4v) is 2.17. The van der Waals surface area contributed by atoms with Crippen molar-refractivity contribution in [2.45, 2.75) is 32.9 Å². The molecule has 2 heteroatoms. The minimum absolute atomic E-state index is 0.557. The van der Waals surface area contributed by atoms with E-state index in [0.717, 1.165) is 19.5 Å². The fraction of sp³-hybridized carbons (Fsp3) is 0.545. The topological polar surface area (TPSA) is 16.1 Å². The summed E-state index contributed by atoms with van der Waals surface area (Å²) in [5, 5.41) is 0. The molecular formula is C11H16N2. The van der Waals surface area contributed by atoms with E-state index in [1.807, 2.05) is 12.3 Å². The fourth-order valence-electron chi connectivity index (χ4n) is 2.17. The summed E-state index contributed by atoms with van der Waals surface area (Å²) in [7, 11) is 0. The molecule has 0 aliphatic carbocycles. The van der Waals surface area contributed by atoms with Crippen LogP contribution >= 0.6 is 0 Å². The van der Waals surface area contributed by atoms with Gasteiger partial charge < -0.3 is 0 Å². The predicted molar refractivity (Wildman–Crippen MR) is 53.4 cm³/mol. The summed E-state index contributed by atoms with van der Waals surface area (Å²) < 4.78 is 0. The third kappa shape index (κ3) is 1.35. The van der Waals surface area contributed by atoms with Crippen LogP contribution in [0.2, 0.25) is 0 Å². The van der Waals surface area contributed by atoms with Crippen molar-refractivity contribution in [3.8, 4) is 0 Å². The van der Waals surface area contributed by atoms with Gasteiger partial charge in [-0.15, -0.1) is 0 Å². The van der Waals surface area contributed by atoms with Crippen molar-refractivity contribution in [3.05, 3.63) is 29.6 Å². The number of aromatic nitrogens is 1. The molecule has 0 spiro atoms. The first kappa shape index (κ1) is 8.70. The SMILES string of the molecule is CCC1c2ncccc2CN1CC. The third-order valence-corrected chi connectivity index (χ3v) is 2.85. The molecule has 0 radical (unpaired) electrons. The van der Waals surface area contributed by atoms with E-state index < -0.39 is 0 Å². The van der Waals surface area contributed by atoms with Crippen LogP contribution in [0.15, 0.2) is 18.3 Å². The summed E-state index contributed by atoms with van der Waals surface area (Å²) in [6.45, 7) is 6.65. The second-order valence-corrected chi connectivity index (χ2v) is 3.53. The third-order valence-electron chi connectivity index (χ3n) is 2.85. The van der Waals surface area contributed by atoms with Gasteiger partial charge in [-0.05, 0) is 24.6 Å². The highest BCUT2D eigenvalue weighted by Crippen LogP contribution is 2.33. The highest BCUT2D eigenvalue weighted by Gasteiger charge is 2.28. The van der Waals surface area contributed by atoms with Crippen LogP contribution in [0.4, 0.5) is 0 Å². The molecular weight excluding hydrogens is 160 g/mol. The summed E-state index contributed by atoms with van der Waals surface area (Å²) in [6.07, 6.45) is 3.07. The normalized spacial score (nSPS) is 21.8. The number of hydrogen-bond donors (Lipinski definition) is 0. The van der Waals surface area contributed by atoms with Crippen LogP contribution in [0.1, 0.15) is 37.6 Å². The Bertz CT molecular complexity index is 296. The zero-order valence-corrected chi connectivity index (χ0v) is 8.33. The van der Waals surface area contributed by atoms with Crippen LogP contribution < -0.4 is 0 Å². The molecule has 1 atom stereocenters. The number of pyridine rings is 1. The molecule has 1 aliphatic heterocycles. The van der Waals surface area contributed by atoms with Crippen molar-refractivity contribution in [2.24, 2.45) is 0 Å². The van der Waals surface area contributed by atoms with Gasteiger partial charge in [0.25, 0.3) is 0 Å². The van der Waals surface area contributed by atoms with E-state index in [2.05, 4.69) is 29.8 Å². The van der Waals surface area contributed by atoms with Crippen molar-refractivity contribution >= 4 is 0 Å². The molecule has 1 aliphatic rings. The van der Waals surface area contributed by atoms with Crippen LogP contribution in [0, 0.1) is 0 Å². The smallest absolute Gasteiger partial charge is 0.0620 e. The zero-order valence-electron chi connectivity index (χ0n) is 8.33. The molecule has 70 valence electrons. The first-order chi connectivity index (χ1) is 6.36. The first-order valence-electron chi connectivity index (χ1n) is 5.04.